The molecule has 0 aliphatic heterocycles. The molecule has 3 nitrogen and oxygen atoms in total. The highest BCUT2D eigenvalue weighted by Gasteiger charge is 2.24. The van der Waals surface area contributed by atoms with Gasteiger partial charge in [-0.3, -0.25) is 9.69 Å². The predicted octanol–water partition coefficient (Wildman–Crippen LogP) is 3.53. The van der Waals surface area contributed by atoms with Crippen molar-refractivity contribution in [2.45, 2.75) is 12.5 Å². The van der Waals surface area contributed by atoms with Crippen LogP contribution in [0.3, 0.4) is 0 Å². The maximum absolute atomic E-state index is 12.4. The summed E-state index contributed by atoms with van der Waals surface area (Å²) < 4.78 is 1.02. The molecule has 1 amide bonds. The number of nitrogens with zero attached hydrogens (tertiary/aromatic N) is 1. The SMILES string of the molecule is CN(C)C(C(=O)NCCc1ccsc1)c1cc(Br)cs1. The lowest BCUT2D eigenvalue weighted by Gasteiger charge is -2.22. The second-order valence-electron chi connectivity index (χ2n) is 4.71. The first-order chi connectivity index (χ1) is 9.58. The van der Waals surface area contributed by atoms with Crippen molar-refractivity contribution in [2.24, 2.45) is 0 Å². The Balaban J connectivity index is 1.94. The number of amides is 1. The van der Waals surface area contributed by atoms with E-state index in [4.69, 9.17) is 0 Å². The molecule has 108 valence electrons. The van der Waals surface area contributed by atoms with E-state index in [-0.39, 0.29) is 11.9 Å². The molecule has 0 bridgehead atoms. The number of carbonyl (C=O) groups excluding carboxylic acids is 1. The lowest BCUT2D eigenvalue weighted by molar-refractivity contribution is -0.125. The largest absolute Gasteiger partial charge is 0.354 e. The highest BCUT2D eigenvalue weighted by atomic mass is 79.9. The highest BCUT2D eigenvalue weighted by molar-refractivity contribution is 9.10. The molecule has 6 heteroatoms. The van der Waals surface area contributed by atoms with Crippen LogP contribution in [0.25, 0.3) is 0 Å². The zero-order chi connectivity index (χ0) is 14.5. The summed E-state index contributed by atoms with van der Waals surface area (Å²) in [4.78, 5) is 15.4. The summed E-state index contributed by atoms with van der Waals surface area (Å²) in [7, 11) is 3.85. The molecule has 20 heavy (non-hydrogen) atoms. The average Bonchev–Trinajstić information content (AvgIpc) is 3.01. The Bertz CT molecular complexity index is 551. The van der Waals surface area contributed by atoms with Crippen LogP contribution >= 0.6 is 38.6 Å². The zero-order valence-corrected chi connectivity index (χ0v) is 14.6. The molecule has 0 saturated heterocycles. The fourth-order valence-corrected chi connectivity index (χ4v) is 4.29. The summed E-state index contributed by atoms with van der Waals surface area (Å²) in [5.74, 6) is 0.0552. The predicted molar refractivity (Wildman–Crippen MR) is 89.5 cm³/mol. The van der Waals surface area contributed by atoms with Crippen LogP contribution in [-0.2, 0) is 11.2 Å². The molecule has 1 N–H and O–H groups in total. The van der Waals surface area contributed by atoms with Gasteiger partial charge in [-0.1, -0.05) is 0 Å². The fraction of sp³-hybridized carbons (Fsp3) is 0.357. The van der Waals surface area contributed by atoms with Crippen molar-refractivity contribution in [3.05, 3.63) is 43.2 Å². The molecule has 0 spiro atoms. The van der Waals surface area contributed by atoms with E-state index in [0.717, 1.165) is 15.8 Å². The van der Waals surface area contributed by atoms with E-state index in [1.807, 2.05) is 30.4 Å². The van der Waals surface area contributed by atoms with E-state index in [9.17, 15) is 4.79 Å². The number of carbonyl (C=O) groups is 1. The van der Waals surface area contributed by atoms with Gasteiger partial charge in [0.2, 0.25) is 5.91 Å². The van der Waals surface area contributed by atoms with Gasteiger partial charge in [0.25, 0.3) is 0 Å². The maximum Gasteiger partial charge on any atom is 0.242 e. The molecule has 0 radical (unpaired) electrons. The molecule has 2 heterocycles. The van der Waals surface area contributed by atoms with Crippen LogP contribution in [0.4, 0.5) is 0 Å². The number of halogens is 1. The summed E-state index contributed by atoms with van der Waals surface area (Å²) in [5, 5.41) is 9.21. The second-order valence-corrected chi connectivity index (χ2v) is 7.34. The van der Waals surface area contributed by atoms with E-state index >= 15 is 0 Å². The van der Waals surface area contributed by atoms with Gasteiger partial charge in [-0.2, -0.15) is 11.3 Å². The van der Waals surface area contributed by atoms with E-state index in [1.54, 1.807) is 22.7 Å². The second kappa shape index (κ2) is 7.36. The van der Waals surface area contributed by atoms with Crippen LogP contribution in [0.5, 0.6) is 0 Å². The molecule has 0 fully saturated rings. The van der Waals surface area contributed by atoms with Crippen LogP contribution in [0.2, 0.25) is 0 Å². The standard InChI is InChI=1S/C14H17BrN2OS2/c1-17(2)13(12-7-11(15)9-20-12)14(18)16-5-3-10-4-6-19-8-10/h4,6-9,13H,3,5H2,1-2H3,(H,16,18). The third kappa shape index (κ3) is 4.15. The van der Waals surface area contributed by atoms with E-state index in [0.29, 0.717) is 6.54 Å². The smallest absolute Gasteiger partial charge is 0.242 e. The average molecular weight is 373 g/mol. The summed E-state index contributed by atoms with van der Waals surface area (Å²) in [6, 6.07) is 3.87. The summed E-state index contributed by atoms with van der Waals surface area (Å²) in [5.41, 5.74) is 1.27. The molecular weight excluding hydrogens is 356 g/mol. The van der Waals surface area contributed by atoms with Gasteiger partial charge < -0.3 is 5.32 Å². The monoisotopic (exact) mass is 372 g/mol. The van der Waals surface area contributed by atoms with Gasteiger partial charge in [0, 0.05) is 21.3 Å². The molecule has 0 aromatic carbocycles. The number of likely N-dealkylation sites (N-methyl/N-ethyl adjacent to an activating group) is 1. The van der Waals surface area contributed by atoms with E-state index < -0.39 is 0 Å². The normalized spacial score (nSPS) is 12.6. The lowest BCUT2D eigenvalue weighted by atomic mass is 10.2. The third-order valence-corrected chi connectivity index (χ3v) is 5.39. The minimum Gasteiger partial charge on any atom is -0.354 e. The van der Waals surface area contributed by atoms with Gasteiger partial charge in [-0.05, 0) is 64.9 Å². The van der Waals surface area contributed by atoms with Gasteiger partial charge in [0.05, 0.1) is 0 Å². The first-order valence-electron chi connectivity index (χ1n) is 6.27. The Hall–Kier alpha value is -0.690. The molecule has 2 aromatic heterocycles. The molecule has 1 unspecified atom stereocenters. The Morgan fingerprint density at radius 2 is 2.25 bits per heavy atom. The number of hydrogen-bond donors (Lipinski definition) is 1. The first kappa shape index (κ1) is 15.7. The Labute approximate surface area is 135 Å². The topological polar surface area (TPSA) is 32.3 Å². The van der Waals surface area contributed by atoms with Crippen LogP contribution < -0.4 is 5.32 Å². The molecule has 2 rings (SSSR count). The number of hydrogen-bond acceptors (Lipinski definition) is 4. The molecule has 1 atom stereocenters. The van der Waals surface area contributed by atoms with Crippen molar-refractivity contribution in [1.29, 1.82) is 0 Å². The molecule has 0 saturated carbocycles. The van der Waals surface area contributed by atoms with Crippen LogP contribution in [0.15, 0.2) is 32.7 Å². The van der Waals surface area contributed by atoms with Crippen molar-refractivity contribution in [1.82, 2.24) is 10.2 Å². The van der Waals surface area contributed by atoms with Gasteiger partial charge >= 0.3 is 0 Å². The van der Waals surface area contributed by atoms with Crippen molar-refractivity contribution in [3.63, 3.8) is 0 Å². The first-order valence-corrected chi connectivity index (χ1v) is 8.88. The Morgan fingerprint density at radius 3 is 2.80 bits per heavy atom. The molecular formula is C14H17BrN2OS2. The van der Waals surface area contributed by atoms with Crippen LogP contribution in [-0.4, -0.2) is 31.4 Å². The van der Waals surface area contributed by atoms with Crippen LogP contribution in [0, 0.1) is 0 Å². The summed E-state index contributed by atoms with van der Waals surface area (Å²) in [6.45, 7) is 0.673. The number of rotatable bonds is 6. The van der Waals surface area contributed by atoms with Gasteiger partial charge in [0.1, 0.15) is 6.04 Å². The number of thiophene rings is 2. The zero-order valence-electron chi connectivity index (χ0n) is 11.4. The maximum atomic E-state index is 12.4. The quantitative estimate of drug-likeness (QED) is 0.840. The Kier molecular flexibility index (Phi) is 5.77. The minimum atomic E-state index is -0.228. The van der Waals surface area contributed by atoms with E-state index in [2.05, 4.69) is 38.1 Å². The Morgan fingerprint density at radius 1 is 1.45 bits per heavy atom. The minimum absolute atomic E-state index is 0.0552. The van der Waals surface area contributed by atoms with Crippen molar-refractivity contribution in [3.8, 4) is 0 Å². The van der Waals surface area contributed by atoms with Crippen molar-refractivity contribution >= 4 is 44.5 Å². The van der Waals surface area contributed by atoms with Crippen molar-refractivity contribution in [2.75, 3.05) is 20.6 Å². The lowest BCUT2D eigenvalue weighted by Crippen LogP contribution is -2.37. The van der Waals surface area contributed by atoms with Crippen LogP contribution in [0.1, 0.15) is 16.5 Å². The van der Waals surface area contributed by atoms with Crippen molar-refractivity contribution < 1.29 is 4.79 Å². The number of nitrogens with one attached hydrogen (secondary N) is 1. The highest BCUT2D eigenvalue weighted by Crippen LogP contribution is 2.28. The fourth-order valence-electron chi connectivity index (χ4n) is 1.95. The molecule has 2 aromatic rings. The van der Waals surface area contributed by atoms with Gasteiger partial charge in [-0.15, -0.1) is 11.3 Å². The van der Waals surface area contributed by atoms with Gasteiger partial charge in [0.15, 0.2) is 0 Å². The molecule has 0 aliphatic rings. The van der Waals surface area contributed by atoms with E-state index in [1.165, 1.54) is 5.56 Å². The summed E-state index contributed by atoms with van der Waals surface area (Å²) in [6.07, 6.45) is 0.878. The summed E-state index contributed by atoms with van der Waals surface area (Å²) >= 11 is 6.72. The van der Waals surface area contributed by atoms with Gasteiger partial charge in [-0.25, -0.2) is 0 Å². The third-order valence-electron chi connectivity index (χ3n) is 2.91. The molecule has 0 aliphatic carbocycles.